The normalized spacial score (nSPS) is 35.5. The van der Waals surface area contributed by atoms with Crippen LogP contribution in [0.5, 0.6) is 0 Å². The van der Waals surface area contributed by atoms with E-state index in [9.17, 15) is 9.59 Å². The number of para-hydroxylation sites is 1. The summed E-state index contributed by atoms with van der Waals surface area (Å²) in [6.45, 7) is 0. The second-order valence-electron chi connectivity index (χ2n) is 5.49. The van der Waals surface area contributed by atoms with Crippen molar-refractivity contribution in [2.75, 3.05) is 5.01 Å². The Morgan fingerprint density at radius 3 is 2.42 bits per heavy atom. The van der Waals surface area contributed by atoms with Gasteiger partial charge in [0.05, 0.1) is 17.5 Å². The maximum atomic E-state index is 12.6. The summed E-state index contributed by atoms with van der Waals surface area (Å²) in [6.07, 6.45) is 5.14. The molecule has 3 aliphatic rings. The SMILES string of the molecule is O=C1NN(c2ccccc2)C(=O)C2C3C=CC(C3)C12. The van der Waals surface area contributed by atoms with Crippen LogP contribution in [-0.4, -0.2) is 11.8 Å². The Bertz CT molecular complexity index is 581. The van der Waals surface area contributed by atoms with Gasteiger partial charge in [-0.3, -0.25) is 15.0 Å². The molecular formula is C15H14N2O2. The molecule has 1 heterocycles. The average molecular weight is 254 g/mol. The third kappa shape index (κ3) is 1.40. The summed E-state index contributed by atoms with van der Waals surface area (Å²) in [5.74, 6) is 0.140. The number of amides is 2. The fourth-order valence-corrected chi connectivity index (χ4v) is 3.67. The number of hydrazine groups is 1. The van der Waals surface area contributed by atoms with E-state index in [2.05, 4.69) is 17.6 Å². The predicted molar refractivity (Wildman–Crippen MR) is 69.8 cm³/mol. The topological polar surface area (TPSA) is 49.4 Å². The maximum Gasteiger partial charge on any atom is 0.250 e. The number of rotatable bonds is 1. The standard InChI is InChI=1S/C15H14N2O2/c18-14-12-9-6-7-10(8-9)13(12)15(19)17(16-14)11-4-2-1-3-5-11/h1-7,9-10,12-13H,8H2,(H,16,18). The number of anilines is 1. The first-order valence-electron chi connectivity index (χ1n) is 6.63. The van der Waals surface area contributed by atoms with Crippen molar-refractivity contribution in [2.24, 2.45) is 23.7 Å². The molecule has 0 radical (unpaired) electrons. The number of nitrogens with one attached hydrogen (secondary N) is 1. The van der Waals surface area contributed by atoms with E-state index in [1.165, 1.54) is 5.01 Å². The van der Waals surface area contributed by atoms with Crippen LogP contribution in [0.3, 0.4) is 0 Å². The fourth-order valence-electron chi connectivity index (χ4n) is 3.67. The number of benzene rings is 1. The van der Waals surface area contributed by atoms with Crippen LogP contribution >= 0.6 is 0 Å². The van der Waals surface area contributed by atoms with E-state index in [1.54, 1.807) is 0 Å². The van der Waals surface area contributed by atoms with Crippen LogP contribution in [0, 0.1) is 23.7 Å². The minimum atomic E-state index is -0.177. The summed E-state index contributed by atoms with van der Waals surface area (Å²) in [5.41, 5.74) is 3.48. The smallest absolute Gasteiger partial charge is 0.250 e. The minimum absolute atomic E-state index is 0.0210. The van der Waals surface area contributed by atoms with E-state index >= 15 is 0 Å². The molecule has 0 aromatic heterocycles. The Labute approximate surface area is 111 Å². The second-order valence-corrected chi connectivity index (χ2v) is 5.49. The third-order valence-electron chi connectivity index (χ3n) is 4.50. The van der Waals surface area contributed by atoms with Gasteiger partial charge in [0.15, 0.2) is 0 Å². The summed E-state index contributed by atoms with van der Waals surface area (Å²) in [6, 6.07) is 9.29. The zero-order valence-electron chi connectivity index (χ0n) is 10.3. The van der Waals surface area contributed by atoms with Gasteiger partial charge in [0.1, 0.15) is 0 Å². The summed E-state index contributed by atoms with van der Waals surface area (Å²) in [5, 5.41) is 1.41. The van der Waals surface area contributed by atoms with Gasteiger partial charge in [-0.1, -0.05) is 30.4 Å². The van der Waals surface area contributed by atoms with Crippen molar-refractivity contribution in [3.05, 3.63) is 42.5 Å². The first-order chi connectivity index (χ1) is 9.25. The maximum absolute atomic E-state index is 12.6. The van der Waals surface area contributed by atoms with Gasteiger partial charge in [0, 0.05) is 0 Å². The largest absolute Gasteiger partial charge is 0.273 e. The van der Waals surface area contributed by atoms with Crippen LogP contribution in [-0.2, 0) is 9.59 Å². The lowest BCUT2D eigenvalue weighted by molar-refractivity contribution is -0.140. The van der Waals surface area contributed by atoms with Crippen molar-refractivity contribution < 1.29 is 9.59 Å². The van der Waals surface area contributed by atoms with E-state index < -0.39 is 0 Å². The van der Waals surface area contributed by atoms with Crippen molar-refractivity contribution in [3.8, 4) is 0 Å². The summed E-state index contributed by atoms with van der Waals surface area (Å²) >= 11 is 0. The Kier molecular flexibility index (Phi) is 2.10. The highest BCUT2D eigenvalue weighted by atomic mass is 16.2. The molecule has 2 fully saturated rings. The molecule has 2 amide bonds. The van der Waals surface area contributed by atoms with Gasteiger partial charge in [0.2, 0.25) is 11.8 Å². The Morgan fingerprint density at radius 1 is 1.00 bits per heavy atom. The molecule has 4 heteroatoms. The van der Waals surface area contributed by atoms with Crippen LogP contribution in [0.25, 0.3) is 0 Å². The van der Waals surface area contributed by atoms with Gasteiger partial charge < -0.3 is 0 Å². The van der Waals surface area contributed by atoms with Crippen LogP contribution in [0.15, 0.2) is 42.5 Å². The van der Waals surface area contributed by atoms with Crippen molar-refractivity contribution in [1.29, 1.82) is 0 Å². The summed E-state index contributed by atoms with van der Waals surface area (Å²) < 4.78 is 0. The molecule has 4 atom stereocenters. The molecule has 19 heavy (non-hydrogen) atoms. The van der Waals surface area contributed by atoms with Gasteiger partial charge in [-0.2, -0.15) is 0 Å². The predicted octanol–water partition coefficient (Wildman–Crippen LogP) is 1.50. The molecule has 1 aromatic rings. The molecule has 1 N–H and O–H groups in total. The third-order valence-corrected chi connectivity index (χ3v) is 4.50. The highest BCUT2D eigenvalue weighted by Gasteiger charge is 2.55. The van der Waals surface area contributed by atoms with Gasteiger partial charge in [0.25, 0.3) is 0 Å². The van der Waals surface area contributed by atoms with Crippen LogP contribution in [0.2, 0.25) is 0 Å². The van der Waals surface area contributed by atoms with Crippen LogP contribution < -0.4 is 10.4 Å². The van der Waals surface area contributed by atoms with E-state index in [1.807, 2.05) is 30.3 Å². The molecule has 4 rings (SSSR count). The van der Waals surface area contributed by atoms with Crippen molar-refractivity contribution in [2.45, 2.75) is 6.42 Å². The quantitative estimate of drug-likeness (QED) is 0.772. The average Bonchev–Trinajstić information content (AvgIpc) is 3.05. The first-order valence-corrected chi connectivity index (χ1v) is 6.63. The monoisotopic (exact) mass is 254 g/mol. The van der Waals surface area contributed by atoms with E-state index in [-0.39, 0.29) is 35.5 Å². The molecule has 1 saturated carbocycles. The Balaban J connectivity index is 1.72. The zero-order valence-corrected chi connectivity index (χ0v) is 10.3. The first kappa shape index (κ1) is 10.8. The Morgan fingerprint density at radius 2 is 1.68 bits per heavy atom. The second kappa shape index (κ2) is 3.70. The highest BCUT2D eigenvalue weighted by molar-refractivity contribution is 6.04. The van der Waals surface area contributed by atoms with E-state index in [0.717, 1.165) is 12.1 Å². The highest BCUT2D eigenvalue weighted by Crippen LogP contribution is 2.50. The lowest BCUT2D eigenvalue weighted by Gasteiger charge is -2.37. The molecule has 2 bridgehead atoms. The number of nitrogens with zero attached hydrogens (tertiary/aromatic N) is 1. The Hall–Kier alpha value is -2.10. The number of hydrogen-bond donors (Lipinski definition) is 1. The molecule has 96 valence electrons. The summed E-state index contributed by atoms with van der Waals surface area (Å²) in [7, 11) is 0. The molecule has 1 aliphatic heterocycles. The van der Waals surface area contributed by atoms with Crippen LogP contribution in [0.1, 0.15) is 6.42 Å². The van der Waals surface area contributed by atoms with Crippen molar-refractivity contribution >= 4 is 17.5 Å². The van der Waals surface area contributed by atoms with E-state index in [4.69, 9.17) is 0 Å². The molecule has 4 nitrogen and oxygen atoms in total. The number of hydrogen-bond acceptors (Lipinski definition) is 2. The number of allylic oxidation sites excluding steroid dienone is 2. The fraction of sp³-hybridized carbons (Fsp3) is 0.333. The van der Waals surface area contributed by atoms with Crippen LogP contribution in [0.4, 0.5) is 5.69 Å². The molecule has 4 unspecified atom stereocenters. The van der Waals surface area contributed by atoms with Gasteiger partial charge in [-0.15, -0.1) is 0 Å². The number of fused-ring (bicyclic) bond motifs is 5. The molecular weight excluding hydrogens is 240 g/mol. The summed E-state index contributed by atoms with van der Waals surface area (Å²) in [4.78, 5) is 24.9. The number of carbonyl (C=O) groups is 2. The van der Waals surface area contributed by atoms with Gasteiger partial charge in [-0.05, 0) is 30.4 Å². The minimum Gasteiger partial charge on any atom is -0.273 e. The van der Waals surface area contributed by atoms with Gasteiger partial charge >= 0.3 is 0 Å². The number of carbonyl (C=O) groups excluding carboxylic acids is 2. The zero-order chi connectivity index (χ0) is 13.0. The molecule has 1 saturated heterocycles. The lowest BCUT2D eigenvalue weighted by Crippen LogP contribution is -2.60. The lowest BCUT2D eigenvalue weighted by atomic mass is 9.80. The van der Waals surface area contributed by atoms with Crippen molar-refractivity contribution in [3.63, 3.8) is 0 Å². The van der Waals surface area contributed by atoms with E-state index in [0.29, 0.717) is 0 Å². The van der Waals surface area contributed by atoms with Crippen molar-refractivity contribution in [1.82, 2.24) is 5.43 Å². The molecule has 1 aromatic carbocycles. The molecule has 0 spiro atoms. The van der Waals surface area contributed by atoms with Gasteiger partial charge in [-0.25, -0.2) is 5.01 Å². The molecule has 2 aliphatic carbocycles.